The van der Waals surface area contributed by atoms with Crippen LogP contribution in [0, 0.1) is 5.41 Å². The summed E-state index contributed by atoms with van der Waals surface area (Å²) in [6.45, 7) is 7.39. The summed E-state index contributed by atoms with van der Waals surface area (Å²) in [5.74, 6) is 0.818. The molecule has 21 heavy (non-hydrogen) atoms. The predicted molar refractivity (Wildman–Crippen MR) is 83.9 cm³/mol. The van der Waals surface area contributed by atoms with Gasteiger partial charge in [0.1, 0.15) is 0 Å². The zero-order chi connectivity index (χ0) is 15.7. The van der Waals surface area contributed by atoms with Crippen molar-refractivity contribution in [3.8, 4) is 0 Å². The summed E-state index contributed by atoms with van der Waals surface area (Å²) in [7, 11) is -2.85. The Kier molecular flexibility index (Phi) is 4.98. The van der Waals surface area contributed by atoms with Gasteiger partial charge in [-0.2, -0.15) is 0 Å². The van der Waals surface area contributed by atoms with Crippen molar-refractivity contribution in [2.45, 2.75) is 58.5 Å². The van der Waals surface area contributed by atoms with E-state index < -0.39 is 9.84 Å². The number of carbonyl (C=O) groups excluding carboxylic acids is 1. The van der Waals surface area contributed by atoms with E-state index in [1.807, 2.05) is 25.7 Å². The Morgan fingerprint density at radius 3 is 2.24 bits per heavy atom. The standard InChI is InChI=1S/C15H28N2O3S/c1-15(2,3)14(18)17-8-6-12(7-9-17)16-13-5-4-10-21(19,20)11-13/h12-13,16H,4-11H2,1-3H3. The van der Waals surface area contributed by atoms with E-state index in [0.717, 1.165) is 38.8 Å². The van der Waals surface area contributed by atoms with Gasteiger partial charge in [0.25, 0.3) is 0 Å². The number of nitrogens with one attached hydrogen (secondary N) is 1. The SMILES string of the molecule is CC(C)(C)C(=O)N1CCC(NC2CCCS(=O)(=O)C2)CC1. The van der Waals surface area contributed by atoms with E-state index in [0.29, 0.717) is 11.8 Å². The molecule has 1 N–H and O–H groups in total. The zero-order valence-electron chi connectivity index (χ0n) is 13.4. The fourth-order valence-electron chi connectivity index (χ4n) is 3.21. The van der Waals surface area contributed by atoms with Gasteiger partial charge in [0.05, 0.1) is 11.5 Å². The summed E-state index contributed by atoms with van der Waals surface area (Å²) in [5, 5.41) is 3.49. The molecule has 2 fully saturated rings. The molecular weight excluding hydrogens is 288 g/mol. The summed E-state index contributed by atoms with van der Waals surface area (Å²) in [5.41, 5.74) is -0.322. The van der Waals surface area contributed by atoms with Crippen molar-refractivity contribution in [3.63, 3.8) is 0 Å². The van der Waals surface area contributed by atoms with Crippen LogP contribution in [0.4, 0.5) is 0 Å². The van der Waals surface area contributed by atoms with E-state index in [4.69, 9.17) is 0 Å². The lowest BCUT2D eigenvalue weighted by molar-refractivity contribution is -0.140. The third-order valence-electron chi connectivity index (χ3n) is 4.36. The number of rotatable bonds is 2. The van der Waals surface area contributed by atoms with Crippen LogP contribution in [0.25, 0.3) is 0 Å². The van der Waals surface area contributed by atoms with Crippen molar-refractivity contribution in [2.24, 2.45) is 5.41 Å². The van der Waals surface area contributed by atoms with Crippen molar-refractivity contribution in [1.82, 2.24) is 10.2 Å². The second-order valence-electron chi connectivity index (χ2n) is 7.44. The molecule has 1 atom stereocenters. The average molecular weight is 316 g/mol. The number of piperidine rings is 1. The number of nitrogens with zero attached hydrogens (tertiary/aromatic N) is 1. The summed E-state index contributed by atoms with van der Waals surface area (Å²) < 4.78 is 23.3. The lowest BCUT2D eigenvalue weighted by atomic mass is 9.93. The van der Waals surface area contributed by atoms with Crippen LogP contribution in [-0.4, -0.2) is 55.9 Å². The first kappa shape index (κ1) is 16.7. The molecule has 0 aliphatic carbocycles. The Morgan fingerprint density at radius 1 is 1.10 bits per heavy atom. The number of carbonyl (C=O) groups is 1. The van der Waals surface area contributed by atoms with Gasteiger partial charge in [-0.1, -0.05) is 20.8 Å². The van der Waals surface area contributed by atoms with Crippen LogP contribution >= 0.6 is 0 Å². The van der Waals surface area contributed by atoms with E-state index in [9.17, 15) is 13.2 Å². The Hall–Kier alpha value is -0.620. The Labute approximate surface area is 128 Å². The normalized spacial score (nSPS) is 27.6. The fraction of sp³-hybridized carbons (Fsp3) is 0.933. The van der Waals surface area contributed by atoms with Gasteiger partial charge in [-0.15, -0.1) is 0 Å². The molecule has 2 aliphatic heterocycles. The quantitative estimate of drug-likeness (QED) is 0.831. The smallest absolute Gasteiger partial charge is 0.227 e. The maximum absolute atomic E-state index is 12.2. The van der Waals surface area contributed by atoms with Crippen LogP contribution in [0.1, 0.15) is 46.5 Å². The van der Waals surface area contributed by atoms with Crippen molar-refractivity contribution in [3.05, 3.63) is 0 Å². The third kappa shape index (κ3) is 4.68. The number of likely N-dealkylation sites (tertiary alicyclic amines) is 1. The molecule has 0 aromatic heterocycles. The summed E-state index contributed by atoms with van der Waals surface area (Å²) in [6.07, 6.45) is 3.54. The maximum Gasteiger partial charge on any atom is 0.227 e. The largest absolute Gasteiger partial charge is 0.342 e. The monoisotopic (exact) mass is 316 g/mol. The lowest BCUT2D eigenvalue weighted by Crippen LogP contribution is -2.52. The minimum absolute atomic E-state index is 0.0959. The summed E-state index contributed by atoms with van der Waals surface area (Å²) in [6, 6.07) is 0.436. The van der Waals surface area contributed by atoms with Crippen molar-refractivity contribution >= 4 is 15.7 Å². The minimum atomic E-state index is -2.85. The van der Waals surface area contributed by atoms with Gasteiger partial charge < -0.3 is 10.2 Å². The van der Waals surface area contributed by atoms with Crippen LogP contribution < -0.4 is 5.32 Å². The van der Waals surface area contributed by atoms with Gasteiger partial charge in [-0.05, 0) is 25.7 Å². The van der Waals surface area contributed by atoms with Crippen LogP contribution in [-0.2, 0) is 14.6 Å². The predicted octanol–water partition coefficient (Wildman–Crippen LogP) is 1.19. The highest BCUT2D eigenvalue weighted by atomic mass is 32.2. The molecule has 0 spiro atoms. The number of hydrogen-bond acceptors (Lipinski definition) is 4. The van der Waals surface area contributed by atoms with Gasteiger partial charge in [0.15, 0.2) is 9.84 Å². The molecule has 1 amide bonds. The first-order valence-corrected chi connectivity index (χ1v) is 9.75. The van der Waals surface area contributed by atoms with Crippen molar-refractivity contribution in [1.29, 1.82) is 0 Å². The highest BCUT2D eigenvalue weighted by Crippen LogP contribution is 2.22. The molecule has 5 nitrogen and oxygen atoms in total. The van der Waals surface area contributed by atoms with Gasteiger partial charge in [0.2, 0.25) is 5.91 Å². The highest BCUT2D eigenvalue weighted by molar-refractivity contribution is 7.91. The summed E-state index contributed by atoms with van der Waals surface area (Å²) in [4.78, 5) is 14.2. The molecule has 0 aromatic rings. The van der Waals surface area contributed by atoms with E-state index in [2.05, 4.69) is 5.32 Å². The Bertz CT molecular complexity index is 474. The molecule has 2 heterocycles. The second-order valence-corrected chi connectivity index (χ2v) is 9.67. The van der Waals surface area contributed by atoms with E-state index in [1.165, 1.54) is 0 Å². The van der Waals surface area contributed by atoms with E-state index in [-0.39, 0.29) is 23.1 Å². The Morgan fingerprint density at radius 2 is 1.71 bits per heavy atom. The first-order valence-electron chi connectivity index (χ1n) is 7.93. The molecule has 6 heteroatoms. The number of sulfone groups is 1. The van der Waals surface area contributed by atoms with E-state index >= 15 is 0 Å². The molecule has 2 aliphatic rings. The number of amides is 1. The van der Waals surface area contributed by atoms with Gasteiger partial charge in [-0.3, -0.25) is 4.79 Å². The second kappa shape index (κ2) is 6.24. The van der Waals surface area contributed by atoms with Gasteiger partial charge >= 0.3 is 0 Å². The van der Waals surface area contributed by atoms with Crippen molar-refractivity contribution < 1.29 is 13.2 Å². The molecule has 0 aromatic carbocycles. The molecule has 1 unspecified atom stereocenters. The van der Waals surface area contributed by atoms with Crippen LogP contribution in [0.3, 0.4) is 0 Å². The summed E-state index contributed by atoms with van der Waals surface area (Å²) >= 11 is 0. The van der Waals surface area contributed by atoms with E-state index in [1.54, 1.807) is 0 Å². The molecule has 122 valence electrons. The Balaban J connectivity index is 1.81. The third-order valence-corrected chi connectivity index (χ3v) is 6.18. The fourth-order valence-corrected chi connectivity index (χ4v) is 4.86. The molecule has 2 saturated heterocycles. The lowest BCUT2D eigenvalue weighted by Gasteiger charge is -2.37. The maximum atomic E-state index is 12.2. The molecule has 0 bridgehead atoms. The highest BCUT2D eigenvalue weighted by Gasteiger charge is 2.32. The minimum Gasteiger partial charge on any atom is -0.342 e. The first-order chi connectivity index (χ1) is 9.67. The van der Waals surface area contributed by atoms with Gasteiger partial charge in [-0.25, -0.2) is 8.42 Å². The molecule has 0 saturated carbocycles. The number of hydrogen-bond donors (Lipinski definition) is 1. The molecule has 0 radical (unpaired) electrons. The van der Waals surface area contributed by atoms with Crippen LogP contribution in [0.5, 0.6) is 0 Å². The van der Waals surface area contributed by atoms with Crippen molar-refractivity contribution in [2.75, 3.05) is 24.6 Å². The zero-order valence-corrected chi connectivity index (χ0v) is 14.2. The average Bonchev–Trinajstić information content (AvgIpc) is 2.36. The molecule has 2 rings (SSSR count). The topological polar surface area (TPSA) is 66.5 Å². The molecular formula is C15H28N2O3S. The van der Waals surface area contributed by atoms with Crippen LogP contribution in [0.15, 0.2) is 0 Å². The van der Waals surface area contributed by atoms with Crippen LogP contribution in [0.2, 0.25) is 0 Å². The van der Waals surface area contributed by atoms with Gasteiger partial charge in [0, 0.05) is 30.6 Å².